The summed E-state index contributed by atoms with van der Waals surface area (Å²) in [5.74, 6) is -0.909. The van der Waals surface area contributed by atoms with Crippen LogP contribution in [0.15, 0.2) is 24.3 Å². The maximum atomic E-state index is 13.0. The normalized spacial score (nSPS) is 15.0. The molecule has 132 valence electrons. The molecule has 1 unspecified atom stereocenters. The van der Waals surface area contributed by atoms with Gasteiger partial charge in [-0.3, -0.25) is 14.6 Å². The van der Waals surface area contributed by atoms with E-state index in [1.54, 1.807) is 25.9 Å². The Morgan fingerprint density at radius 2 is 2.08 bits per heavy atom. The Hall–Kier alpha value is -2.63. The molecule has 1 N–H and O–H groups in total. The predicted octanol–water partition coefficient (Wildman–Crippen LogP) is 2.88. The molecule has 3 rings (SSSR count). The smallest absolute Gasteiger partial charge is 0.308 e. The molecule has 1 aromatic heterocycles. The topological polar surface area (TPSA) is 79.7 Å². The third kappa shape index (κ3) is 3.57. The molecule has 6 heteroatoms. The zero-order valence-electron chi connectivity index (χ0n) is 14.7. The summed E-state index contributed by atoms with van der Waals surface area (Å²) in [7, 11) is 1.60. The molecular formula is C19H22N2O4. The number of fused-ring (bicyclic) bond motifs is 1. The number of carboxylic acids is 1. The van der Waals surface area contributed by atoms with Crippen molar-refractivity contribution >= 4 is 22.8 Å². The number of hydrogen-bond donors (Lipinski definition) is 1. The number of ether oxygens (including phenoxy) is 1. The number of carboxylic acid groups (broad SMARTS) is 1. The van der Waals surface area contributed by atoms with Crippen molar-refractivity contribution in [2.75, 3.05) is 13.7 Å². The van der Waals surface area contributed by atoms with E-state index in [9.17, 15) is 9.59 Å². The Balaban J connectivity index is 1.94. The van der Waals surface area contributed by atoms with Crippen LogP contribution in [0.1, 0.15) is 35.8 Å². The van der Waals surface area contributed by atoms with Crippen LogP contribution in [0, 0.1) is 12.8 Å². The van der Waals surface area contributed by atoms with Gasteiger partial charge in [-0.05, 0) is 38.0 Å². The van der Waals surface area contributed by atoms with Gasteiger partial charge in [0.2, 0.25) is 0 Å². The quantitative estimate of drug-likeness (QED) is 0.873. The number of aromatic nitrogens is 1. The molecule has 1 aliphatic carbocycles. The molecule has 1 aromatic carbocycles. The van der Waals surface area contributed by atoms with Crippen molar-refractivity contribution in [3.8, 4) is 5.75 Å². The second kappa shape index (κ2) is 6.70. The number of methoxy groups -OCH3 is 1. The molecule has 2 aromatic rings. The number of carbonyl (C=O) groups excluding carboxylic acids is 1. The number of hydrogen-bond acceptors (Lipinski definition) is 4. The van der Waals surface area contributed by atoms with E-state index in [0.717, 1.165) is 23.7 Å². The van der Waals surface area contributed by atoms with E-state index in [0.29, 0.717) is 17.0 Å². The van der Waals surface area contributed by atoms with Gasteiger partial charge in [-0.15, -0.1) is 0 Å². The highest BCUT2D eigenvalue weighted by atomic mass is 16.5. The molecule has 0 saturated heterocycles. The number of amides is 1. The zero-order chi connectivity index (χ0) is 18.1. The number of rotatable bonds is 6. The summed E-state index contributed by atoms with van der Waals surface area (Å²) in [4.78, 5) is 30.4. The summed E-state index contributed by atoms with van der Waals surface area (Å²) in [6, 6.07) is 7.51. The Labute approximate surface area is 146 Å². The lowest BCUT2D eigenvalue weighted by molar-refractivity contribution is -0.141. The van der Waals surface area contributed by atoms with Crippen LogP contribution in [0.3, 0.4) is 0 Å². The average Bonchev–Trinajstić information content (AvgIpc) is 3.42. The second-order valence-corrected chi connectivity index (χ2v) is 6.61. The van der Waals surface area contributed by atoms with E-state index in [4.69, 9.17) is 9.84 Å². The number of aliphatic carboxylic acids is 1. The van der Waals surface area contributed by atoms with Crippen molar-refractivity contribution in [2.45, 2.75) is 32.7 Å². The van der Waals surface area contributed by atoms with Crippen LogP contribution in [-0.2, 0) is 4.79 Å². The Morgan fingerprint density at radius 1 is 1.36 bits per heavy atom. The number of pyridine rings is 1. The van der Waals surface area contributed by atoms with Gasteiger partial charge in [0.05, 0.1) is 29.8 Å². The first-order valence-corrected chi connectivity index (χ1v) is 8.40. The minimum atomic E-state index is -0.890. The standard InChI is InChI=1S/C19H22N2O4/c1-11(19(23)24)10-21(14-5-6-14)18(22)16-8-13-4-7-15(25-3)9-17(13)20-12(16)2/h4,7-9,11,14H,5-6,10H2,1-3H3,(H,23,24). The molecule has 1 fully saturated rings. The number of aryl methyl sites for hydroxylation is 1. The average molecular weight is 342 g/mol. The lowest BCUT2D eigenvalue weighted by Crippen LogP contribution is -2.39. The van der Waals surface area contributed by atoms with Crippen LogP contribution in [0.5, 0.6) is 5.75 Å². The van der Waals surface area contributed by atoms with Gasteiger partial charge in [-0.2, -0.15) is 0 Å². The summed E-state index contributed by atoms with van der Waals surface area (Å²) in [5.41, 5.74) is 1.94. The van der Waals surface area contributed by atoms with Crippen LogP contribution >= 0.6 is 0 Å². The van der Waals surface area contributed by atoms with Gasteiger partial charge in [-0.1, -0.05) is 6.92 Å². The van der Waals surface area contributed by atoms with E-state index in [2.05, 4.69) is 4.98 Å². The van der Waals surface area contributed by atoms with Gasteiger partial charge in [0.1, 0.15) is 5.75 Å². The highest BCUT2D eigenvalue weighted by Gasteiger charge is 2.35. The minimum Gasteiger partial charge on any atom is -0.497 e. The zero-order valence-corrected chi connectivity index (χ0v) is 14.7. The van der Waals surface area contributed by atoms with Gasteiger partial charge < -0.3 is 14.7 Å². The van der Waals surface area contributed by atoms with Crippen molar-refractivity contribution in [3.05, 3.63) is 35.5 Å². The Kier molecular flexibility index (Phi) is 4.61. The van der Waals surface area contributed by atoms with Gasteiger partial charge in [0.15, 0.2) is 0 Å². The van der Waals surface area contributed by atoms with E-state index in [-0.39, 0.29) is 18.5 Å². The van der Waals surface area contributed by atoms with Gasteiger partial charge >= 0.3 is 5.97 Å². The third-order valence-corrected chi connectivity index (χ3v) is 4.59. The molecule has 0 bridgehead atoms. The first-order valence-electron chi connectivity index (χ1n) is 8.40. The SMILES string of the molecule is COc1ccc2cc(C(=O)N(CC(C)C(=O)O)C3CC3)c(C)nc2c1. The van der Waals surface area contributed by atoms with Gasteiger partial charge in [0, 0.05) is 24.0 Å². The van der Waals surface area contributed by atoms with Crippen LogP contribution in [0.25, 0.3) is 10.9 Å². The molecule has 0 spiro atoms. The second-order valence-electron chi connectivity index (χ2n) is 6.61. The maximum absolute atomic E-state index is 13.0. The molecule has 25 heavy (non-hydrogen) atoms. The molecule has 1 saturated carbocycles. The minimum absolute atomic E-state index is 0.139. The summed E-state index contributed by atoms with van der Waals surface area (Å²) >= 11 is 0. The third-order valence-electron chi connectivity index (χ3n) is 4.59. The monoisotopic (exact) mass is 342 g/mol. The van der Waals surface area contributed by atoms with Crippen molar-refractivity contribution in [2.24, 2.45) is 5.92 Å². The molecule has 1 heterocycles. The molecule has 0 radical (unpaired) electrons. The molecule has 6 nitrogen and oxygen atoms in total. The fourth-order valence-corrected chi connectivity index (χ4v) is 2.90. The van der Waals surface area contributed by atoms with Crippen LogP contribution < -0.4 is 4.74 Å². The first-order chi connectivity index (χ1) is 11.9. The molecular weight excluding hydrogens is 320 g/mol. The van der Waals surface area contributed by atoms with E-state index >= 15 is 0 Å². The van der Waals surface area contributed by atoms with Crippen LogP contribution in [-0.4, -0.2) is 46.6 Å². The molecule has 0 aliphatic heterocycles. The predicted molar refractivity (Wildman–Crippen MR) is 93.9 cm³/mol. The lowest BCUT2D eigenvalue weighted by Gasteiger charge is -2.25. The summed E-state index contributed by atoms with van der Waals surface area (Å²) in [5, 5.41) is 10.0. The van der Waals surface area contributed by atoms with Crippen molar-refractivity contribution in [1.29, 1.82) is 0 Å². The maximum Gasteiger partial charge on any atom is 0.308 e. The van der Waals surface area contributed by atoms with E-state index in [1.165, 1.54) is 0 Å². The van der Waals surface area contributed by atoms with Crippen molar-refractivity contribution < 1.29 is 19.4 Å². The largest absolute Gasteiger partial charge is 0.497 e. The summed E-state index contributed by atoms with van der Waals surface area (Å²) in [6.45, 7) is 3.65. The van der Waals surface area contributed by atoms with Gasteiger partial charge in [-0.25, -0.2) is 0 Å². The fraction of sp³-hybridized carbons (Fsp3) is 0.421. The molecule has 1 atom stereocenters. The van der Waals surface area contributed by atoms with Crippen LogP contribution in [0.2, 0.25) is 0 Å². The summed E-state index contributed by atoms with van der Waals surface area (Å²) < 4.78 is 5.21. The van der Waals surface area contributed by atoms with Crippen molar-refractivity contribution in [3.63, 3.8) is 0 Å². The molecule has 1 amide bonds. The number of benzene rings is 1. The number of nitrogens with zero attached hydrogens (tertiary/aromatic N) is 2. The highest BCUT2D eigenvalue weighted by molar-refractivity contribution is 5.99. The highest BCUT2D eigenvalue weighted by Crippen LogP contribution is 2.30. The fourth-order valence-electron chi connectivity index (χ4n) is 2.90. The lowest BCUT2D eigenvalue weighted by atomic mass is 10.1. The van der Waals surface area contributed by atoms with Crippen molar-refractivity contribution in [1.82, 2.24) is 9.88 Å². The number of carbonyl (C=O) groups is 2. The van der Waals surface area contributed by atoms with E-state index in [1.807, 2.05) is 24.3 Å². The van der Waals surface area contributed by atoms with Gasteiger partial charge in [0.25, 0.3) is 5.91 Å². The Bertz CT molecular complexity index is 830. The van der Waals surface area contributed by atoms with Crippen LogP contribution in [0.4, 0.5) is 0 Å². The summed E-state index contributed by atoms with van der Waals surface area (Å²) in [6.07, 6.45) is 1.85. The van der Waals surface area contributed by atoms with E-state index < -0.39 is 11.9 Å². The first kappa shape index (κ1) is 17.2. The molecule has 1 aliphatic rings. The Morgan fingerprint density at radius 3 is 2.68 bits per heavy atom.